The van der Waals surface area contributed by atoms with Crippen LogP contribution in [0.4, 0.5) is 26.3 Å². The van der Waals surface area contributed by atoms with Crippen molar-refractivity contribution in [1.29, 1.82) is 0 Å². The number of alkyl halides is 6. The fraction of sp³-hybridized carbons (Fsp3) is 0.121. The van der Waals surface area contributed by atoms with Crippen LogP contribution in [0, 0.1) is 34.6 Å². The van der Waals surface area contributed by atoms with E-state index in [4.69, 9.17) is 15.0 Å². The maximum absolute atomic E-state index is 15.7. The lowest BCUT2D eigenvalue weighted by Crippen LogP contribution is -2.14. The molecule has 11 rings (SSSR count). The molecule has 10 aromatic rings. The minimum Gasteiger partial charge on any atom is -0.309 e. The Morgan fingerprint density at radius 3 is 1.32 bits per heavy atom. The first-order chi connectivity index (χ1) is 32.5. The van der Waals surface area contributed by atoms with E-state index in [2.05, 4.69) is 38.1 Å². The molecule has 0 radical (unpaired) electrons. The van der Waals surface area contributed by atoms with Crippen LogP contribution in [0.3, 0.4) is 0 Å². The molecule has 0 amide bonds. The van der Waals surface area contributed by atoms with Crippen molar-refractivity contribution in [2.45, 2.75) is 47.0 Å². The first-order valence-corrected chi connectivity index (χ1v) is 22.1. The van der Waals surface area contributed by atoms with Gasteiger partial charge in [-0.3, -0.25) is 0 Å². The molecule has 0 unspecified atom stereocenters. The summed E-state index contributed by atoms with van der Waals surface area (Å²) in [6, 6.07) is 44.9. The number of hydrogen-bond donors (Lipinski definition) is 0. The number of nitrogens with zero attached hydrogens (tertiary/aromatic N) is 4. The molecule has 8 aromatic carbocycles. The zero-order valence-corrected chi connectivity index (χ0v) is 37.5. The Morgan fingerprint density at radius 2 is 0.809 bits per heavy atom. The molecule has 0 N–H and O–H groups in total. The van der Waals surface area contributed by atoms with Crippen molar-refractivity contribution >= 4 is 21.8 Å². The van der Waals surface area contributed by atoms with Gasteiger partial charge in [0, 0.05) is 33.0 Å². The summed E-state index contributed by atoms with van der Waals surface area (Å²) in [5.74, 6) is 1.03. The Kier molecular flexibility index (Phi) is 9.82. The lowest BCUT2D eigenvalue weighted by Gasteiger charge is -2.23. The molecule has 10 heteroatoms. The van der Waals surface area contributed by atoms with Crippen molar-refractivity contribution in [3.8, 4) is 84.4 Å². The number of aromatic nitrogens is 4. The lowest BCUT2D eigenvalue weighted by molar-refractivity contribution is -0.142. The van der Waals surface area contributed by atoms with Crippen molar-refractivity contribution in [3.05, 3.63) is 191 Å². The van der Waals surface area contributed by atoms with Gasteiger partial charge in [-0.15, -0.1) is 0 Å². The number of benzene rings is 8. The third kappa shape index (κ3) is 7.14. The van der Waals surface area contributed by atoms with E-state index in [0.29, 0.717) is 56.2 Å². The van der Waals surface area contributed by atoms with E-state index in [1.807, 2.05) is 109 Å². The molecule has 2 aromatic heterocycles. The fourth-order valence-electron chi connectivity index (χ4n) is 10.3. The molecule has 4 nitrogen and oxygen atoms in total. The summed E-state index contributed by atoms with van der Waals surface area (Å²) < 4.78 is 95.1. The Balaban J connectivity index is 1.32. The molecule has 4 bridgehead atoms. The molecule has 1 aliphatic rings. The highest BCUT2D eigenvalue weighted by Crippen LogP contribution is 2.51. The second kappa shape index (κ2) is 15.6. The second-order valence-corrected chi connectivity index (χ2v) is 17.8. The molecule has 0 saturated carbocycles. The van der Waals surface area contributed by atoms with E-state index >= 15 is 26.3 Å². The minimum atomic E-state index is -5.18. The Bertz CT molecular complexity index is 3620. The van der Waals surface area contributed by atoms with Gasteiger partial charge in [0.1, 0.15) is 0 Å². The van der Waals surface area contributed by atoms with Crippen molar-refractivity contribution in [1.82, 2.24) is 19.5 Å². The van der Waals surface area contributed by atoms with Crippen molar-refractivity contribution in [2.24, 2.45) is 0 Å². The van der Waals surface area contributed by atoms with Crippen LogP contribution in [0.25, 0.3) is 106 Å². The average Bonchev–Trinajstić information content (AvgIpc) is 3.62. The molecule has 3 heterocycles. The quantitative estimate of drug-likeness (QED) is 0.165. The monoisotopic (exact) mass is 906 g/mol. The summed E-state index contributed by atoms with van der Waals surface area (Å²) >= 11 is 0. The van der Waals surface area contributed by atoms with Gasteiger partial charge >= 0.3 is 12.4 Å². The first-order valence-electron chi connectivity index (χ1n) is 22.1. The molecule has 334 valence electrons. The van der Waals surface area contributed by atoms with Gasteiger partial charge in [-0.1, -0.05) is 132 Å². The summed E-state index contributed by atoms with van der Waals surface area (Å²) in [7, 11) is 0. The van der Waals surface area contributed by atoms with Crippen LogP contribution < -0.4 is 0 Å². The van der Waals surface area contributed by atoms with Gasteiger partial charge in [0.2, 0.25) is 0 Å². The van der Waals surface area contributed by atoms with Gasteiger partial charge in [-0.2, -0.15) is 26.3 Å². The highest BCUT2D eigenvalue weighted by molar-refractivity contribution is 6.12. The van der Waals surface area contributed by atoms with Gasteiger partial charge < -0.3 is 4.57 Å². The average molecular weight is 907 g/mol. The maximum atomic E-state index is 15.7. The Hall–Kier alpha value is -7.85. The van der Waals surface area contributed by atoms with Crippen molar-refractivity contribution in [2.75, 3.05) is 0 Å². The van der Waals surface area contributed by atoms with Crippen molar-refractivity contribution in [3.63, 3.8) is 0 Å². The number of fused-ring (bicyclic) bond motifs is 12. The molecule has 0 aliphatic carbocycles. The van der Waals surface area contributed by atoms with Crippen LogP contribution in [-0.4, -0.2) is 19.5 Å². The van der Waals surface area contributed by atoms with E-state index in [1.54, 1.807) is 31.2 Å². The smallest absolute Gasteiger partial charge is 0.309 e. The second-order valence-electron chi connectivity index (χ2n) is 17.8. The summed E-state index contributed by atoms with van der Waals surface area (Å²) in [4.78, 5) is 14.8. The number of hydrogen-bond acceptors (Lipinski definition) is 3. The summed E-state index contributed by atoms with van der Waals surface area (Å²) in [5.41, 5.74) is 7.93. The topological polar surface area (TPSA) is 43.6 Å². The van der Waals surface area contributed by atoms with Crippen molar-refractivity contribution < 1.29 is 26.3 Å². The van der Waals surface area contributed by atoms with E-state index < -0.39 is 29.0 Å². The summed E-state index contributed by atoms with van der Waals surface area (Å²) in [6.07, 6.45) is -10.3. The van der Waals surface area contributed by atoms with Crippen LogP contribution in [0.5, 0.6) is 0 Å². The molecule has 0 spiro atoms. The molecule has 1 aliphatic heterocycles. The lowest BCUT2D eigenvalue weighted by atomic mass is 9.84. The third-order valence-electron chi connectivity index (χ3n) is 13.0. The maximum Gasteiger partial charge on any atom is 0.417 e. The standard InChI is InChI=1S/C58H40F6N4/c1-31-22-33(3)52(34(4)23-31)38-16-19-41-42-20-17-39-27-50(42)68(49(41)26-38)51-28-40(56-66-54(36-12-8-6-9-13-36)65-55(67-56)37-14-10-7-11-15-37)18-21-43(51)44-29-45(46-25-32(2)24-35(5)53(39)46)48(58(62,63)64)30-47(44)57(59,60)61/h6-30H,1-5H3. The van der Waals surface area contributed by atoms with Crippen LogP contribution in [0.2, 0.25) is 0 Å². The van der Waals surface area contributed by atoms with Crippen LogP contribution in [0.1, 0.15) is 38.9 Å². The zero-order valence-electron chi connectivity index (χ0n) is 37.5. The number of rotatable bonds is 4. The molecule has 0 saturated heterocycles. The van der Waals surface area contributed by atoms with Gasteiger partial charge in [-0.05, 0) is 121 Å². The highest BCUT2D eigenvalue weighted by atomic mass is 19.4. The minimum absolute atomic E-state index is 0.0711. The largest absolute Gasteiger partial charge is 0.417 e. The number of halogens is 6. The predicted molar refractivity (Wildman–Crippen MR) is 259 cm³/mol. The van der Waals surface area contributed by atoms with Gasteiger partial charge in [0.25, 0.3) is 0 Å². The molecule has 0 atom stereocenters. The van der Waals surface area contributed by atoms with E-state index in [9.17, 15) is 0 Å². The Labute approximate surface area is 388 Å². The van der Waals surface area contributed by atoms with Crippen LogP contribution in [0.15, 0.2) is 152 Å². The van der Waals surface area contributed by atoms with Gasteiger partial charge in [0.15, 0.2) is 17.5 Å². The van der Waals surface area contributed by atoms with Crippen LogP contribution in [-0.2, 0) is 12.4 Å². The van der Waals surface area contributed by atoms with E-state index in [-0.39, 0.29) is 28.6 Å². The van der Waals surface area contributed by atoms with E-state index in [1.165, 1.54) is 0 Å². The first kappa shape index (κ1) is 42.8. The van der Waals surface area contributed by atoms with Crippen LogP contribution >= 0.6 is 0 Å². The summed E-state index contributed by atoms with van der Waals surface area (Å²) in [5, 5.41) is 1.65. The van der Waals surface area contributed by atoms with Gasteiger partial charge in [0.05, 0.1) is 27.8 Å². The predicted octanol–water partition coefficient (Wildman–Crippen LogP) is 16.5. The molecule has 0 fully saturated rings. The highest BCUT2D eigenvalue weighted by Gasteiger charge is 2.42. The Morgan fingerprint density at radius 1 is 0.368 bits per heavy atom. The third-order valence-corrected chi connectivity index (χ3v) is 13.0. The van der Waals surface area contributed by atoms with Gasteiger partial charge in [-0.25, -0.2) is 15.0 Å². The summed E-state index contributed by atoms with van der Waals surface area (Å²) in [6.45, 7) is 9.76. The number of aryl methyl sites for hydroxylation is 5. The fourth-order valence-corrected chi connectivity index (χ4v) is 10.3. The molecule has 68 heavy (non-hydrogen) atoms. The molecular formula is C58H40F6N4. The van der Waals surface area contributed by atoms with E-state index in [0.717, 1.165) is 55.8 Å². The normalized spacial score (nSPS) is 12.3. The molecular weight excluding hydrogens is 867 g/mol. The zero-order chi connectivity index (χ0) is 47.4. The SMILES string of the molecule is Cc1cc(C)c(-c2ccc3c4ccc5cc4n(c3c2)-c2cc(-c3nc(-c4ccccc4)nc(-c4ccccc4)n3)ccc2-c2cc(c(C(F)(F)F)cc2C(F)(F)F)-c2cc(C)cc(C)c2-5)c(C)c1.